The molecule has 1 atom stereocenters. The van der Waals surface area contributed by atoms with Crippen molar-refractivity contribution in [3.05, 3.63) is 35.9 Å². The van der Waals surface area contributed by atoms with Crippen LogP contribution in [0.4, 0.5) is 0 Å². The Morgan fingerprint density at radius 3 is 2.40 bits per heavy atom. The summed E-state index contributed by atoms with van der Waals surface area (Å²) in [6, 6.07) is 8.65. The first-order valence-electron chi connectivity index (χ1n) is 11.2. The van der Waals surface area contributed by atoms with Gasteiger partial charge in [-0.2, -0.15) is 0 Å². The molecule has 1 aromatic carbocycles. The number of unbranched alkanes of at least 4 members (excludes halogenated alkanes) is 1. The van der Waals surface area contributed by atoms with Crippen LogP contribution in [-0.2, 0) is 14.4 Å². The number of hydrogen-bond donors (Lipinski definition) is 0. The second-order valence-electron chi connectivity index (χ2n) is 8.07. The van der Waals surface area contributed by atoms with Gasteiger partial charge < -0.3 is 19.6 Å². The van der Waals surface area contributed by atoms with E-state index in [2.05, 4.69) is 18.7 Å². The lowest BCUT2D eigenvalue weighted by Crippen LogP contribution is -2.57. The van der Waals surface area contributed by atoms with Crippen LogP contribution in [0.1, 0.15) is 44.7 Å². The largest absolute Gasteiger partial charge is 0.339 e. The summed E-state index contributed by atoms with van der Waals surface area (Å²) in [6.07, 6.45) is 2.76. The molecule has 2 aliphatic heterocycles. The van der Waals surface area contributed by atoms with E-state index in [0.29, 0.717) is 32.7 Å². The van der Waals surface area contributed by atoms with E-state index in [4.69, 9.17) is 0 Å². The number of likely N-dealkylation sites (N-methyl/N-ethyl adjacent to an activating group) is 1. The average molecular weight is 415 g/mol. The summed E-state index contributed by atoms with van der Waals surface area (Å²) in [5, 5.41) is 0. The maximum atomic E-state index is 13.6. The molecule has 0 unspecified atom stereocenters. The summed E-state index contributed by atoms with van der Waals surface area (Å²) in [5.41, 5.74) is 0.766. The van der Waals surface area contributed by atoms with Crippen molar-refractivity contribution in [3.63, 3.8) is 0 Å². The average Bonchev–Trinajstić information content (AvgIpc) is 3.03. The normalized spacial score (nSPS) is 19.7. The Balaban J connectivity index is 1.82. The first kappa shape index (κ1) is 22.3. The van der Waals surface area contributed by atoms with Crippen LogP contribution in [0.15, 0.2) is 30.3 Å². The lowest BCUT2D eigenvalue weighted by atomic mass is 10.0. The fourth-order valence-electron chi connectivity index (χ4n) is 4.27. The van der Waals surface area contributed by atoms with Crippen molar-refractivity contribution in [1.29, 1.82) is 0 Å². The molecule has 0 radical (unpaired) electrons. The van der Waals surface area contributed by atoms with Crippen LogP contribution in [0, 0.1) is 0 Å². The molecule has 3 rings (SSSR count). The maximum Gasteiger partial charge on any atom is 0.313 e. The third-order valence-corrected chi connectivity index (χ3v) is 6.13. The van der Waals surface area contributed by atoms with Gasteiger partial charge in [0.25, 0.3) is 0 Å². The van der Waals surface area contributed by atoms with Gasteiger partial charge in [-0.3, -0.25) is 14.4 Å². The Morgan fingerprint density at radius 1 is 0.933 bits per heavy atom. The number of carbonyl (C=O) groups excluding carboxylic acids is 3. The summed E-state index contributed by atoms with van der Waals surface area (Å²) < 4.78 is 0. The summed E-state index contributed by atoms with van der Waals surface area (Å²) >= 11 is 0. The Kier molecular flexibility index (Phi) is 7.85. The fourth-order valence-corrected chi connectivity index (χ4v) is 4.27. The molecular formula is C23H34N4O3. The molecule has 0 saturated carbocycles. The molecule has 2 saturated heterocycles. The van der Waals surface area contributed by atoms with E-state index in [1.54, 1.807) is 4.90 Å². The highest BCUT2D eigenvalue weighted by atomic mass is 16.2. The van der Waals surface area contributed by atoms with E-state index in [0.717, 1.165) is 44.5 Å². The number of piperazine rings is 1. The Hall–Kier alpha value is -2.41. The number of amides is 3. The zero-order chi connectivity index (χ0) is 21.5. The van der Waals surface area contributed by atoms with Crippen LogP contribution in [0.2, 0.25) is 0 Å². The van der Waals surface area contributed by atoms with Gasteiger partial charge in [0.05, 0.1) is 0 Å². The van der Waals surface area contributed by atoms with Crippen LogP contribution in [0.25, 0.3) is 0 Å². The van der Waals surface area contributed by atoms with Gasteiger partial charge >= 0.3 is 11.8 Å². The third-order valence-electron chi connectivity index (χ3n) is 6.13. The summed E-state index contributed by atoms with van der Waals surface area (Å²) in [4.78, 5) is 46.7. The van der Waals surface area contributed by atoms with Crippen molar-refractivity contribution < 1.29 is 14.4 Å². The van der Waals surface area contributed by atoms with E-state index in [1.807, 2.05) is 35.2 Å². The lowest BCUT2D eigenvalue weighted by Gasteiger charge is -2.39. The molecule has 0 bridgehead atoms. The molecule has 164 valence electrons. The van der Waals surface area contributed by atoms with Crippen LogP contribution in [-0.4, -0.2) is 89.7 Å². The Morgan fingerprint density at radius 2 is 1.70 bits per heavy atom. The molecule has 0 aromatic heterocycles. The smallest absolute Gasteiger partial charge is 0.313 e. The minimum Gasteiger partial charge on any atom is -0.339 e. The molecule has 2 fully saturated rings. The highest BCUT2D eigenvalue weighted by molar-refractivity contribution is 6.35. The lowest BCUT2D eigenvalue weighted by molar-refractivity contribution is -0.161. The van der Waals surface area contributed by atoms with Crippen molar-refractivity contribution in [3.8, 4) is 0 Å². The first-order valence-corrected chi connectivity index (χ1v) is 11.2. The van der Waals surface area contributed by atoms with Crippen LogP contribution < -0.4 is 0 Å². The van der Waals surface area contributed by atoms with E-state index < -0.39 is 17.9 Å². The standard InChI is InChI=1S/C23H34N4O3/c1-3-5-13-26-17-18-27(23(30)22(26)29)20(19-10-7-6-8-11-19)21(28)25-14-9-12-24(4-2)15-16-25/h6-8,10-11,20H,3-5,9,12-18H2,1-2H3/t20-/m1/s1. The van der Waals surface area contributed by atoms with Crippen LogP contribution >= 0.6 is 0 Å². The van der Waals surface area contributed by atoms with Gasteiger partial charge in [-0.05, 0) is 31.5 Å². The molecule has 1 aromatic rings. The monoisotopic (exact) mass is 414 g/mol. The van der Waals surface area contributed by atoms with E-state index in [9.17, 15) is 14.4 Å². The minimum atomic E-state index is -0.746. The van der Waals surface area contributed by atoms with Gasteiger partial charge in [0.15, 0.2) is 0 Å². The molecule has 7 heteroatoms. The molecule has 0 aliphatic carbocycles. The van der Waals surface area contributed by atoms with Gasteiger partial charge in [-0.15, -0.1) is 0 Å². The predicted octanol–water partition coefficient (Wildman–Crippen LogP) is 1.75. The predicted molar refractivity (Wildman–Crippen MR) is 116 cm³/mol. The number of nitrogens with zero attached hydrogens (tertiary/aromatic N) is 4. The molecule has 2 heterocycles. The second-order valence-corrected chi connectivity index (χ2v) is 8.07. The quantitative estimate of drug-likeness (QED) is 0.638. The fraction of sp³-hybridized carbons (Fsp3) is 0.609. The summed E-state index contributed by atoms with van der Waals surface area (Å²) in [6.45, 7) is 9.76. The van der Waals surface area contributed by atoms with Crippen molar-refractivity contribution in [1.82, 2.24) is 19.6 Å². The van der Waals surface area contributed by atoms with Gasteiger partial charge in [-0.25, -0.2) is 0 Å². The number of hydrogen-bond acceptors (Lipinski definition) is 4. The zero-order valence-corrected chi connectivity index (χ0v) is 18.3. The van der Waals surface area contributed by atoms with Crippen molar-refractivity contribution in [2.75, 3.05) is 52.4 Å². The highest BCUT2D eigenvalue weighted by Gasteiger charge is 2.41. The van der Waals surface area contributed by atoms with E-state index in [1.165, 1.54) is 4.90 Å². The third kappa shape index (κ3) is 5.01. The number of rotatable bonds is 7. The SMILES string of the molecule is CCCCN1CCN([C@@H](C(=O)N2CCCN(CC)CC2)c2ccccc2)C(=O)C1=O. The van der Waals surface area contributed by atoms with Gasteiger partial charge in [0, 0.05) is 39.3 Å². The van der Waals surface area contributed by atoms with Gasteiger partial charge in [-0.1, -0.05) is 50.6 Å². The van der Waals surface area contributed by atoms with E-state index >= 15 is 0 Å². The molecule has 30 heavy (non-hydrogen) atoms. The Bertz CT molecular complexity index is 739. The number of benzene rings is 1. The highest BCUT2D eigenvalue weighted by Crippen LogP contribution is 2.26. The molecule has 7 nitrogen and oxygen atoms in total. The van der Waals surface area contributed by atoms with Crippen molar-refractivity contribution >= 4 is 17.7 Å². The first-order chi connectivity index (χ1) is 14.6. The zero-order valence-electron chi connectivity index (χ0n) is 18.3. The second kappa shape index (κ2) is 10.6. The molecule has 3 amide bonds. The summed E-state index contributed by atoms with van der Waals surface area (Å²) in [7, 11) is 0. The van der Waals surface area contributed by atoms with Crippen LogP contribution in [0.5, 0.6) is 0 Å². The van der Waals surface area contributed by atoms with Crippen molar-refractivity contribution in [2.45, 2.75) is 39.2 Å². The van der Waals surface area contributed by atoms with Gasteiger partial charge in [0.2, 0.25) is 5.91 Å². The summed E-state index contributed by atoms with van der Waals surface area (Å²) in [5.74, 6) is -1.14. The van der Waals surface area contributed by atoms with Crippen molar-refractivity contribution in [2.24, 2.45) is 0 Å². The van der Waals surface area contributed by atoms with E-state index in [-0.39, 0.29) is 5.91 Å². The maximum absolute atomic E-state index is 13.6. The number of carbonyl (C=O) groups is 3. The van der Waals surface area contributed by atoms with Gasteiger partial charge in [0.1, 0.15) is 6.04 Å². The van der Waals surface area contributed by atoms with Crippen LogP contribution in [0.3, 0.4) is 0 Å². The molecule has 0 N–H and O–H groups in total. The molecule has 2 aliphatic rings. The molecule has 0 spiro atoms. The topological polar surface area (TPSA) is 64.2 Å². The minimum absolute atomic E-state index is 0.0812. The molecular weight excluding hydrogens is 380 g/mol. The Labute approximate surface area is 179 Å².